The molecule has 19 heteroatoms. The molecular weight excluding hydrogens is 735 g/mol. The summed E-state index contributed by atoms with van der Waals surface area (Å²) in [4.78, 5) is 22.4. The van der Waals surface area contributed by atoms with Gasteiger partial charge in [-0.1, -0.05) is 17.7 Å². The number of alkyl halides is 6. The minimum Gasteiger partial charge on any atom is -0.489 e. The summed E-state index contributed by atoms with van der Waals surface area (Å²) in [6.07, 6.45) is -6.46. The van der Waals surface area contributed by atoms with Gasteiger partial charge in [0.05, 0.1) is 46.4 Å². The number of piperazine rings is 1. The van der Waals surface area contributed by atoms with Crippen molar-refractivity contribution < 1.29 is 40.2 Å². The molecule has 3 aromatic heterocycles. The van der Waals surface area contributed by atoms with E-state index in [-0.39, 0.29) is 85.1 Å². The molecular formula is C34H35ClF7N9O2. The zero-order chi connectivity index (χ0) is 38.0. The molecule has 3 aliphatic rings. The van der Waals surface area contributed by atoms with Gasteiger partial charge in [0.2, 0.25) is 0 Å². The molecule has 2 saturated heterocycles. The van der Waals surface area contributed by atoms with E-state index in [1.54, 1.807) is 17.0 Å². The van der Waals surface area contributed by atoms with E-state index in [1.807, 2.05) is 6.92 Å². The lowest BCUT2D eigenvalue weighted by atomic mass is 9.98. The Labute approximate surface area is 304 Å². The van der Waals surface area contributed by atoms with Crippen LogP contribution in [0.25, 0.3) is 22.2 Å². The van der Waals surface area contributed by atoms with E-state index in [0.29, 0.717) is 24.9 Å². The van der Waals surface area contributed by atoms with Gasteiger partial charge >= 0.3 is 18.4 Å². The number of aromatic nitrogens is 4. The van der Waals surface area contributed by atoms with Crippen molar-refractivity contribution >= 4 is 40.0 Å². The molecule has 0 bridgehead atoms. The van der Waals surface area contributed by atoms with Crippen molar-refractivity contribution in [2.75, 3.05) is 62.3 Å². The number of pyridine rings is 2. The maximum Gasteiger partial charge on any atom is 0.418 e. The van der Waals surface area contributed by atoms with Crippen LogP contribution in [0.4, 0.5) is 48.2 Å². The molecule has 3 atom stereocenters. The van der Waals surface area contributed by atoms with Crippen molar-refractivity contribution in [3.8, 4) is 23.0 Å². The van der Waals surface area contributed by atoms with Gasteiger partial charge in [-0.05, 0) is 44.4 Å². The molecule has 0 radical (unpaired) electrons. The van der Waals surface area contributed by atoms with Crippen molar-refractivity contribution in [1.82, 2.24) is 29.7 Å². The van der Waals surface area contributed by atoms with E-state index in [4.69, 9.17) is 37.5 Å². The van der Waals surface area contributed by atoms with E-state index in [1.165, 1.54) is 18.0 Å². The molecule has 0 unspecified atom stereocenters. The molecule has 4 aromatic rings. The Morgan fingerprint density at radius 1 is 1.08 bits per heavy atom. The number of ether oxygens (including phenoxy) is 2. The van der Waals surface area contributed by atoms with Crippen molar-refractivity contribution in [3.63, 3.8) is 0 Å². The molecule has 284 valence electrons. The van der Waals surface area contributed by atoms with Gasteiger partial charge in [-0.15, -0.1) is 0 Å². The average molecular weight is 770 g/mol. The van der Waals surface area contributed by atoms with E-state index in [2.05, 4.69) is 19.9 Å². The third-order valence-corrected chi connectivity index (χ3v) is 10.4. The first-order valence-corrected chi connectivity index (χ1v) is 17.2. The predicted octanol–water partition coefficient (Wildman–Crippen LogP) is 6.42. The van der Waals surface area contributed by atoms with E-state index < -0.39 is 58.1 Å². The highest BCUT2D eigenvalue weighted by Gasteiger charge is 2.42. The summed E-state index contributed by atoms with van der Waals surface area (Å²) >= 11 is 6.78. The molecule has 4 N–H and O–H groups in total. The SMILES string of the molecule is Cc1cc(N)nc(-c2c(Cl)c3c4c(nc(OC[C@@H]5CC[C@H]6CN(CC(F)(F)F)CCN56)nc4c2F)N([C@H](C)c2cccnc2N)CCO3)c1C(F)(F)F. The first-order chi connectivity index (χ1) is 25.0. The number of nitrogens with zero attached hydrogens (tertiary/aromatic N) is 7. The Kier molecular flexibility index (Phi) is 9.59. The Morgan fingerprint density at radius 2 is 1.85 bits per heavy atom. The summed E-state index contributed by atoms with van der Waals surface area (Å²) in [6, 6.07) is 3.39. The Balaban J connectivity index is 1.33. The molecule has 53 heavy (non-hydrogen) atoms. The number of rotatable bonds is 7. The lowest BCUT2D eigenvalue weighted by Gasteiger charge is -2.40. The molecule has 0 spiro atoms. The summed E-state index contributed by atoms with van der Waals surface area (Å²) in [5, 5.41) is -0.486. The molecule has 2 fully saturated rings. The minimum absolute atomic E-state index is 0.00804. The third-order valence-electron chi connectivity index (χ3n) is 10.1. The number of nitrogen functional groups attached to an aromatic ring is 2. The van der Waals surface area contributed by atoms with Gasteiger partial charge in [-0.25, -0.2) is 14.4 Å². The fourth-order valence-corrected chi connectivity index (χ4v) is 8.06. The topological polar surface area (TPSA) is 132 Å². The van der Waals surface area contributed by atoms with Crippen LogP contribution in [0.5, 0.6) is 11.8 Å². The van der Waals surface area contributed by atoms with E-state index in [0.717, 1.165) is 6.07 Å². The van der Waals surface area contributed by atoms with Crippen molar-refractivity contribution in [3.05, 3.63) is 51.9 Å². The minimum atomic E-state index is -4.96. The zero-order valence-electron chi connectivity index (χ0n) is 28.5. The fourth-order valence-electron chi connectivity index (χ4n) is 7.74. The normalized spacial score (nSPS) is 20.3. The lowest BCUT2D eigenvalue weighted by Crippen LogP contribution is -2.55. The molecule has 6 heterocycles. The first-order valence-electron chi connectivity index (χ1n) is 16.9. The second-order valence-electron chi connectivity index (χ2n) is 13.5. The van der Waals surface area contributed by atoms with Crippen LogP contribution >= 0.6 is 11.6 Å². The van der Waals surface area contributed by atoms with Crippen LogP contribution in [-0.2, 0) is 6.18 Å². The molecule has 0 aliphatic carbocycles. The van der Waals surface area contributed by atoms with Crippen LogP contribution in [0.3, 0.4) is 0 Å². The number of anilines is 3. The van der Waals surface area contributed by atoms with E-state index in [9.17, 15) is 26.3 Å². The Hall–Kier alpha value is -4.42. The Bertz CT molecular complexity index is 2050. The van der Waals surface area contributed by atoms with Crippen molar-refractivity contribution in [1.29, 1.82) is 0 Å². The zero-order valence-corrected chi connectivity index (χ0v) is 29.3. The average Bonchev–Trinajstić information content (AvgIpc) is 3.36. The second-order valence-corrected chi connectivity index (χ2v) is 13.8. The standard InChI is InChI=1S/C34H35ClF7N9O2/c1-16-12-21(43)46-27(24(16)34(40,41)42)22-25(35)29-23-28(26(22)36)47-32(48-31(23)50(10-11-52-29)17(2)20-4-3-7-45-30(20)44)53-14-19-6-5-18-13-49(8-9-51(18)19)15-33(37,38)39/h3-4,7,12,17-19H,5-6,8-11,13-15H2,1-2H3,(H2,43,46)(H2,44,45)/t17-,18+,19+/m1/s1. The van der Waals surface area contributed by atoms with Gasteiger partial charge in [0.15, 0.2) is 11.6 Å². The van der Waals surface area contributed by atoms with Crippen molar-refractivity contribution in [2.45, 2.75) is 57.2 Å². The van der Waals surface area contributed by atoms with Crippen LogP contribution in [0.15, 0.2) is 24.4 Å². The number of hydrogen-bond donors (Lipinski definition) is 2. The van der Waals surface area contributed by atoms with Crippen LogP contribution in [0.1, 0.15) is 42.5 Å². The number of halogens is 8. The Morgan fingerprint density at radius 3 is 2.57 bits per heavy atom. The summed E-state index contributed by atoms with van der Waals surface area (Å²) in [7, 11) is 0. The van der Waals surface area contributed by atoms with Gasteiger partial charge in [0.1, 0.15) is 36.2 Å². The highest BCUT2D eigenvalue weighted by Crippen LogP contribution is 2.51. The number of aryl methyl sites for hydroxylation is 1. The summed E-state index contributed by atoms with van der Waals surface area (Å²) < 4.78 is 112. The summed E-state index contributed by atoms with van der Waals surface area (Å²) in [5.41, 5.74) is 9.22. The van der Waals surface area contributed by atoms with Crippen LogP contribution in [0, 0.1) is 12.7 Å². The quantitative estimate of drug-likeness (QED) is 0.202. The smallest absolute Gasteiger partial charge is 0.418 e. The number of fused-ring (bicyclic) bond motifs is 1. The van der Waals surface area contributed by atoms with Gasteiger partial charge in [0, 0.05) is 43.5 Å². The summed E-state index contributed by atoms with van der Waals surface area (Å²) in [6.45, 7) is 3.02. The molecule has 1 aromatic carbocycles. The monoisotopic (exact) mass is 769 g/mol. The maximum atomic E-state index is 17.0. The van der Waals surface area contributed by atoms with E-state index >= 15 is 4.39 Å². The highest BCUT2D eigenvalue weighted by atomic mass is 35.5. The van der Waals surface area contributed by atoms with Gasteiger partial charge < -0.3 is 25.8 Å². The number of benzene rings is 1. The second kappa shape index (κ2) is 13.8. The molecule has 7 rings (SSSR count). The molecule has 11 nitrogen and oxygen atoms in total. The molecule has 3 aliphatic heterocycles. The summed E-state index contributed by atoms with van der Waals surface area (Å²) in [5.74, 6) is -1.31. The fraction of sp³-hybridized carbons (Fsp3) is 0.471. The third kappa shape index (κ3) is 7.03. The van der Waals surface area contributed by atoms with Crippen LogP contribution in [-0.4, -0.2) is 93.9 Å². The predicted molar refractivity (Wildman–Crippen MR) is 183 cm³/mol. The maximum absolute atomic E-state index is 17.0. The lowest BCUT2D eigenvalue weighted by molar-refractivity contribution is -0.151. The van der Waals surface area contributed by atoms with Gasteiger partial charge in [-0.3, -0.25) is 9.80 Å². The highest BCUT2D eigenvalue weighted by molar-refractivity contribution is 6.36. The van der Waals surface area contributed by atoms with Gasteiger partial charge in [-0.2, -0.15) is 36.3 Å². The number of nitrogens with two attached hydrogens (primary N) is 2. The van der Waals surface area contributed by atoms with Crippen LogP contribution in [0.2, 0.25) is 5.02 Å². The van der Waals surface area contributed by atoms with Gasteiger partial charge in [0.25, 0.3) is 0 Å². The molecule has 0 saturated carbocycles. The number of hydrogen-bond acceptors (Lipinski definition) is 11. The largest absolute Gasteiger partial charge is 0.489 e. The first kappa shape index (κ1) is 36.9. The molecule has 0 amide bonds. The van der Waals surface area contributed by atoms with Crippen LogP contribution < -0.4 is 25.8 Å². The van der Waals surface area contributed by atoms with Crippen molar-refractivity contribution in [2.24, 2.45) is 0 Å².